The van der Waals surface area contributed by atoms with Crippen molar-refractivity contribution in [3.63, 3.8) is 0 Å². The molecule has 1 N–H and O–H groups in total. The Balaban J connectivity index is 1.85. The predicted molar refractivity (Wildman–Crippen MR) is 96.3 cm³/mol. The van der Waals surface area contributed by atoms with Crippen molar-refractivity contribution in [3.05, 3.63) is 35.9 Å². The monoisotopic (exact) mass is 314 g/mol. The van der Waals surface area contributed by atoms with Crippen molar-refractivity contribution in [1.82, 2.24) is 9.80 Å². The topological polar surface area (TPSA) is 26.7 Å². The van der Waals surface area contributed by atoms with Crippen LogP contribution in [0.1, 0.15) is 32.3 Å². The number of aliphatic hydroxyl groups excluding tert-OH is 1. The van der Waals surface area contributed by atoms with Gasteiger partial charge in [-0.15, -0.1) is 0 Å². The lowest BCUT2D eigenvalue weighted by molar-refractivity contribution is 0.0629. The molecule has 126 valence electrons. The summed E-state index contributed by atoms with van der Waals surface area (Å²) in [6.45, 7) is 9.95. The zero-order valence-electron chi connectivity index (χ0n) is 14.5. The van der Waals surface area contributed by atoms with Gasteiger partial charge in [-0.05, 0) is 37.4 Å². The Bertz CT molecular complexity index is 503. The van der Waals surface area contributed by atoms with Crippen LogP contribution in [0, 0.1) is 17.8 Å². The minimum atomic E-state index is 0.270. The summed E-state index contributed by atoms with van der Waals surface area (Å²) in [5, 5.41) is 9.35. The molecule has 0 radical (unpaired) electrons. The van der Waals surface area contributed by atoms with Gasteiger partial charge in [0.2, 0.25) is 0 Å². The summed E-state index contributed by atoms with van der Waals surface area (Å²) in [5.41, 5.74) is 1.08. The van der Waals surface area contributed by atoms with Crippen LogP contribution in [-0.4, -0.2) is 60.3 Å². The normalized spacial score (nSPS) is 19.6. The lowest BCUT2D eigenvalue weighted by Crippen LogP contribution is -2.53. The number of rotatable bonds is 6. The Morgan fingerprint density at radius 3 is 2.70 bits per heavy atom. The number of aliphatic hydroxyl groups is 1. The fourth-order valence-electron chi connectivity index (χ4n) is 3.02. The van der Waals surface area contributed by atoms with E-state index in [0.717, 1.165) is 50.6 Å². The first-order chi connectivity index (χ1) is 11.2. The molecule has 0 saturated carbocycles. The fraction of sp³-hybridized carbons (Fsp3) is 0.600. The van der Waals surface area contributed by atoms with Crippen molar-refractivity contribution >= 4 is 0 Å². The third-order valence-corrected chi connectivity index (χ3v) is 4.45. The molecule has 0 aliphatic carbocycles. The quantitative estimate of drug-likeness (QED) is 0.817. The van der Waals surface area contributed by atoms with Crippen LogP contribution in [0.25, 0.3) is 0 Å². The molecule has 0 unspecified atom stereocenters. The largest absolute Gasteiger partial charge is 0.396 e. The Morgan fingerprint density at radius 2 is 2.00 bits per heavy atom. The molecule has 2 rings (SSSR count). The molecule has 1 fully saturated rings. The molecule has 1 aliphatic heterocycles. The maximum Gasteiger partial charge on any atom is 0.0606 e. The van der Waals surface area contributed by atoms with Gasteiger partial charge in [0.1, 0.15) is 0 Å². The van der Waals surface area contributed by atoms with Gasteiger partial charge in [-0.3, -0.25) is 9.80 Å². The van der Waals surface area contributed by atoms with Crippen LogP contribution >= 0.6 is 0 Å². The first-order valence-corrected chi connectivity index (χ1v) is 8.80. The van der Waals surface area contributed by atoms with Gasteiger partial charge in [-0.1, -0.05) is 43.9 Å². The maximum atomic E-state index is 9.35. The van der Waals surface area contributed by atoms with Crippen molar-refractivity contribution in [3.8, 4) is 11.8 Å². The van der Waals surface area contributed by atoms with Gasteiger partial charge >= 0.3 is 0 Å². The van der Waals surface area contributed by atoms with Crippen LogP contribution in [0.4, 0.5) is 0 Å². The lowest BCUT2D eigenvalue weighted by Gasteiger charge is -2.41. The highest BCUT2D eigenvalue weighted by atomic mass is 16.3. The van der Waals surface area contributed by atoms with E-state index >= 15 is 0 Å². The summed E-state index contributed by atoms with van der Waals surface area (Å²) in [7, 11) is 0. The van der Waals surface area contributed by atoms with Gasteiger partial charge < -0.3 is 5.11 Å². The van der Waals surface area contributed by atoms with Gasteiger partial charge in [-0.2, -0.15) is 0 Å². The second-order valence-electron chi connectivity index (χ2n) is 6.79. The molecule has 0 spiro atoms. The van der Waals surface area contributed by atoms with E-state index in [1.54, 1.807) is 0 Å². The number of hydrogen-bond acceptors (Lipinski definition) is 3. The number of piperazine rings is 1. The summed E-state index contributed by atoms with van der Waals surface area (Å²) in [6, 6.07) is 10.6. The molecule has 3 heteroatoms. The number of hydrogen-bond donors (Lipinski definition) is 1. The van der Waals surface area contributed by atoms with Crippen LogP contribution < -0.4 is 0 Å². The highest BCUT2D eigenvalue weighted by Gasteiger charge is 2.25. The van der Waals surface area contributed by atoms with Crippen molar-refractivity contribution in [2.75, 3.05) is 39.3 Å². The molecule has 1 atom stereocenters. The zero-order valence-corrected chi connectivity index (χ0v) is 14.5. The van der Waals surface area contributed by atoms with Gasteiger partial charge in [0.15, 0.2) is 0 Å². The smallest absolute Gasteiger partial charge is 0.0606 e. The molecule has 0 bridgehead atoms. The van der Waals surface area contributed by atoms with E-state index < -0.39 is 0 Å². The molecular weight excluding hydrogens is 284 g/mol. The van der Waals surface area contributed by atoms with Crippen molar-refractivity contribution < 1.29 is 5.11 Å². The summed E-state index contributed by atoms with van der Waals surface area (Å²) in [5.74, 6) is 7.27. The van der Waals surface area contributed by atoms with Crippen LogP contribution in [0.5, 0.6) is 0 Å². The minimum absolute atomic E-state index is 0.270. The molecule has 23 heavy (non-hydrogen) atoms. The number of nitrogens with zero attached hydrogens (tertiary/aromatic N) is 2. The van der Waals surface area contributed by atoms with E-state index in [2.05, 4.69) is 35.5 Å². The van der Waals surface area contributed by atoms with Crippen LogP contribution in [0.2, 0.25) is 0 Å². The summed E-state index contributed by atoms with van der Waals surface area (Å²) >= 11 is 0. The highest BCUT2D eigenvalue weighted by Crippen LogP contribution is 2.14. The third-order valence-electron chi connectivity index (χ3n) is 4.45. The summed E-state index contributed by atoms with van der Waals surface area (Å²) in [6.07, 6.45) is 2.09. The third kappa shape index (κ3) is 6.35. The Morgan fingerprint density at radius 1 is 1.22 bits per heavy atom. The molecule has 1 aliphatic rings. The Labute approximate surface area is 141 Å². The van der Waals surface area contributed by atoms with Gasteiger partial charge in [-0.25, -0.2) is 0 Å². The van der Waals surface area contributed by atoms with E-state index in [1.807, 2.05) is 30.3 Å². The first-order valence-electron chi connectivity index (χ1n) is 8.80. The first kappa shape index (κ1) is 18.0. The van der Waals surface area contributed by atoms with Gasteiger partial charge in [0, 0.05) is 37.8 Å². The molecule has 1 aromatic rings. The van der Waals surface area contributed by atoms with Crippen molar-refractivity contribution in [2.24, 2.45) is 5.92 Å². The van der Waals surface area contributed by atoms with E-state index in [0.29, 0.717) is 6.04 Å². The van der Waals surface area contributed by atoms with E-state index in [-0.39, 0.29) is 6.61 Å². The second kappa shape index (κ2) is 9.72. The molecule has 0 aromatic heterocycles. The fourth-order valence-corrected chi connectivity index (χ4v) is 3.02. The maximum absolute atomic E-state index is 9.35. The average Bonchev–Trinajstić information content (AvgIpc) is 2.55. The lowest BCUT2D eigenvalue weighted by atomic mass is 10.1. The Hall–Kier alpha value is -1.34. The predicted octanol–water partition coefficient (Wildman–Crippen LogP) is 2.45. The van der Waals surface area contributed by atoms with E-state index in [4.69, 9.17) is 0 Å². The minimum Gasteiger partial charge on any atom is -0.396 e. The molecule has 0 amide bonds. The number of benzene rings is 1. The van der Waals surface area contributed by atoms with E-state index in [9.17, 15) is 5.11 Å². The van der Waals surface area contributed by atoms with Crippen LogP contribution in [0.15, 0.2) is 30.3 Å². The molecule has 1 aromatic carbocycles. The zero-order chi connectivity index (χ0) is 16.5. The molecular formula is C20H30N2O. The van der Waals surface area contributed by atoms with E-state index in [1.165, 1.54) is 6.42 Å². The van der Waals surface area contributed by atoms with Crippen LogP contribution in [-0.2, 0) is 0 Å². The van der Waals surface area contributed by atoms with Gasteiger partial charge in [0.05, 0.1) is 6.54 Å². The Kier molecular flexibility index (Phi) is 7.61. The molecule has 1 heterocycles. The van der Waals surface area contributed by atoms with Crippen molar-refractivity contribution in [2.45, 2.75) is 32.7 Å². The van der Waals surface area contributed by atoms with Gasteiger partial charge in [0.25, 0.3) is 0 Å². The summed E-state index contributed by atoms with van der Waals surface area (Å²) < 4.78 is 0. The second-order valence-corrected chi connectivity index (χ2v) is 6.79. The van der Waals surface area contributed by atoms with Crippen LogP contribution in [0.3, 0.4) is 0 Å². The standard InChI is InChI=1S/C20H30N2O/c1-18(2)10-13-22-15-14-21(17-20(22)11-16-23)12-6-9-19-7-4-3-5-8-19/h3-5,7-8,18,20,23H,10-17H2,1-2H3/t20-/m0/s1. The molecule has 1 saturated heterocycles. The summed E-state index contributed by atoms with van der Waals surface area (Å²) in [4.78, 5) is 4.97. The highest BCUT2D eigenvalue weighted by molar-refractivity contribution is 5.33. The molecule has 3 nitrogen and oxygen atoms in total. The van der Waals surface area contributed by atoms with Crippen molar-refractivity contribution in [1.29, 1.82) is 0 Å². The SMILES string of the molecule is CC(C)CCN1CCN(CC#Cc2ccccc2)C[C@@H]1CCO. The average molecular weight is 314 g/mol.